The lowest BCUT2D eigenvalue weighted by Gasteiger charge is -2.45. The molecule has 5 heteroatoms. The van der Waals surface area contributed by atoms with E-state index in [1.165, 1.54) is 55.7 Å². The second-order valence-corrected chi connectivity index (χ2v) is 15.4. The lowest BCUT2D eigenvalue weighted by molar-refractivity contribution is 0.234. The van der Waals surface area contributed by atoms with E-state index >= 15 is 0 Å². The van der Waals surface area contributed by atoms with Crippen LogP contribution in [-0.2, 0) is 6.42 Å². The van der Waals surface area contributed by atoms with Crippen LogP contribution >= 0.6 is 0 Å². The van der Waals surface area contributed by atoms with Gasteiger partial charge in [0.2, 0.25) is 0 Å². The molecule has 5 nitrogen and oxygen atoms in total. The number of rotatable bonds is 7. The maximum Gasteiger partial charge on any atom is 0.151 e. The van der Waals surface area contributed by atoms with Crippen LogP contribution in [0.15, 0.2) is 172 Å². The van der Waals surface area contributed by atoms with Crippen molar-refractivity contribution in [3.8, 4) is 16.8 Å². The second kappa shape index (κ2) is 13.4. The molecule has 272 valence electrons. The van der Waals surface area contributed by atoms with Crippen molar-refractivity contribution in [2.75, 3.05) is 0 Å². The molecule has 56 heavy (non-hydrogen) atoms. The number of allylic oxidation sites excluding steroid dienone is 5. The molecule has 0 fully saturated rings. The van der Waals surface area contributed by atoms with Crippen molar-refractivity contribution in [3.05, 3.63) is 185 Å². The Morgan fingerprint density at radius 3 is 2.32 bits per heavy atom. The van der Waals surface area contributed by atoms with Gasteiger partial charge in [-0.3, -0.25) is 0 Å². The van der Waals surface area contributed by atoms with E-state index in [1.54, 1.807) is 0 Å². The van der Waals surface area contributed by atoms with Crippen molar-refractivity contribution >= 4 is 50.3 Å². The molecule has 1 unspecified atom stereocenters. The highest BCUT2D eigenvalue weighted by molar-refractivity contribution is 6.06. The lowest BCUT2D eigenvalue weighted by Crippen LogP contribution is -2.54. The van der Waals surface area contributed by atoms with Gasteiger partial charge in [0.05, 0.1) is 5.52 Å². The highest BCUT2D eigenvalue weighted by Gasteiger charge is 2.39. The van der Waals surface area contributed by atoms with E-state index in [-0.39, 0.29) is 12.3 Å². The normalized spacial score (nSPS) is 18.4. The Balaban J connectivity index is 0.940. The van der Waals surface area contributed by atoms with Crippen LogP contribution in [0.5, 0.6) is 0 Å². The van der Waals surface area contributed by atoms with Gasteiger partial charge in [-0.2, -0.15) is 0 Å². The largest absolute Gasteiger partial charge is 0.456 e. The first-order chi connectivity index (χ1) is 27.7. The molecule has 0 radical (unpaired) electrons. The number of fused-ring (bicyclic) bond motifs is 6. The number of nitrogens with two attached hydrogens (primary N) is 1. The summed E-state index contributed by atoms with van der Waals surface area (Å²) < 4.78 is 8.73. The predicted octanol–water partition coefficient (Wildman–Crippen LogP) is 12.2. The van der Waals surface area contributed by atoms with Crippen LogP contribution in [0, 0.1) is 0 Å². The summed E-state index contributed by atoms with van der Waals surface area (Å²) >= 11 is 0. The molecule has 7 aromatic rings. The van der Waals surface area contributed by atoms with Gasteiger partial charge in [-0.15, -0.1) is 0 Å². The Bertz CT molecular complexity index is 2910. The van der Waals surface area contributed by atoms with Gasteiger partial charge in [0.25, 0.3) is 0 Å². The Labute approximate surface area is 326 Å². The minimum atomic E-state index is -0.318. The Morgan fingerprint density at radius 2 is 1.45 bits per heavy atom. The molecule has 0 saturated carbocycles. The summed E-state index contributed by atoms with van der Waals surface area (Å²) in [5.74, 6) is 0.997. The van der Waals surface area contributed by atoms with Crippen LogP contribution < -0.4 is 5.73 Å². The van der Waals surface area contributed by atoms with Gasteiger partial charge in [0.1, 0.15) is 23.2 Å². The van der Waals surface area contributed by atoms with E-state index < -0.39 is 0 Å². The first-order valence-electron chi connectivity index (χ1n) is 20.0. The van der Waals surface area contributed by atoms with Gasteiger partial charge in [0, 0.05) is 38.7 Å². The topological polar surface area (TPSA) is 59.7 Å². The molecule has 0 spiro atoms. The van der Waals surface area contributed by atoms with Crippen LogP contribution in [0.3, 0.4) is 0 Å². The molecule has 2 N–H and O–H groups in total. The van der Waals surface area contributed by atoms with Gasteiger partial charge in [0.15, 0.2) is 6.17 Å². The number of aliphatic imine (C=N–C) groups is 1. The number of nitrogens with zero attached hydrogens (tertiary/aromatic N) is 3. The van der Waals surface area contributed by atoms with E-state index in [9.17, 15) is 0 Å². The minimum Gasteiger partial charge on any atom is -0.456 e. The summed E-state index contributed by atoms with van der Waals surface area (Å²) in [6, 6.07) is 41.5. The van der Waals surface area contributed by atoms with Crippen molar-refractivity contribution in [2.24, 2.45) is 10.7 Å². The highest BCUT2D eigenvalue weighted by atomic mass is 16.3. The zero-order valence-corrected chi connectivity index (χ0v) is 31.2. The van der Waals surface area contributed by atoms with E-state index in [0.29, 0.717) is 0 Å². The number of hydrogen-bond donors (Lipinski definition) is 1. The third kappa shape index (κ3) is 5.45. The van der Waals surface area contributed by atoms with Crippen molar-refractivity contribution in [1.82, 2.24) is 9.47 Å². The molecule has 0 bridgehead atoms. The van der Waals surface area contributed by atoms with Crippen LogP contribution in [-0.4, -0.2) is 21.5 Å². The van der Waals surface area contributed by atoms with Crippen LogP contribution in [0.4, 0.5) is 0 Å². The maximum atomic E-state index is 7.23. The van der Waals surface area contributed by atoms with Gasteiger partial charge in [-0.25, -0.2) is 4.99 Å². The third-order valence-corrected chi connectivity index (χ3v) is 12.0. The fourth-order valence-corrected chi connectivity index (χ4v) is 9.21. The van der Waals surface area contributed by atoms with E-state index in [4.69, 9.17) is 15.1 Å². The smallest absolute Gasteiger partial charge is 0.151 e. The molecule has 11 rings (SSSR count). The standard InChI is InChI=1S/C51H42N4O/c52-49(55-50(33-13-3-1-4-14-33)53-51(55)34-15-5-2-6-16-34)39-19-11-17-35(29-39)37-26-28-46-44(31-37)41-21-7-9-23-45(41)54(46)40-20-12-18-36(30-40)38-25-27-43-42-22-8-10-24-47(42)56-48(43)32-38/h3,5,7-25,27,29-32,49-50H,1-2,4,6,26,28,52H2/t49?,50-/m0/s1. The molecular weight excluding hydrogens is 685 g/mol. The quantitative estimate of drug-likeness (QED) is 0.178. The monoisotopic (exact) mass is 726 g/mol. The van der Waals surface area contributed by atoms with Gasteiger partial charge in [-0.05, 0) is 120 Å². The van der Waals surface area contributed by atoms with Crippen LogP contribution in [0.2, 0.25) is 0 Å². The zero-order chi connectivity index (χ0) is 37.2. The molecule has 0 amide bonds. The molecule has 2 atom stereocenters. The van der Waals surface area contributed by atoms with Crippen LogP contribution in [0.25, 0.3) is 61.3 Å². The molecule has 3 heterocycles. The van der Waals surface area contributed by atoms with E-state index in [2.05, 4.69) is 155 Å². The molecule has 4 aliphatic rings. The molecule has 2 aromatic heterocycles. The zero-order valence-electron chi connectivity index (χ0n) is 31.2. The molecule has 5 aromatic carbocycles. The maximum absolute atomic E-state index is 7.23. The summed E-state index contributed by atoms with van der Waals surface area (Å²) in [6.45, 7) is 0. The summed E-state index contributed by atoms with van der Waals surface area (Å²) in [5.41, 5.74) is 22.5. The van der Waals surface area contributed by atoms with Crippen LogP contribution in [0.1, 0.15) is 60.7 Å². The number of aromatic nitrogens is 1. The number of hydrogen-bond acceptors (Lipinski definition) is 4. The van der Waals surface area contributed by atoms with Gasteiger partial charge < -0.3 is 19.6 Å². The number of para-hydroxylation sites is 2. The van der Waals surface area contributed by atoms with Gasteiger partial charge >= 0.3 is 0 Å². The molecule has 3 aliphatic carbocycles. The Hall–Kier alpha value is -6.43. The van der Waals surface area contributed by atoms with Crippen molar-refractivity contribution in [1.29, 1.82) is 0 Å². The number of furan rings is 1. The van der Waals surface area contributed by atoms with E-state index in [0.717, 1.165) is 77.4 Å². The van der Waals surface area contributed by atoms with Crippen molar-refractivity contribution < 1.29 is 4.42 Å². The number of amidine groups is 1. The van der Waals surface area contributed by atoms with Crippen molar-refractivity contribution in [2.45, 2.75) is 50.9 Å². The fraction of sp³-hybridized carbons (Fsp3) is 0.157. The lowest BCUT2D eigenvalue weighted by atomic mass is 9.90. The molecular formula is C51H42N4O. The first-order valence-corrected chi connectivity index (χ1v) is 20.0. The number of benzene rings is 5. The molecule has 0 saturated heterocycles. The second-order valence-electron chi connectivity index (χ2n) is 15.4. The SMILES string of the molecule is NC(c1cccc(C2=Cc3c(n(-c4cccc(-c5ccc6c(c5)oc5ccccc56)c4)c4ccccc34)CC2)c1)N1C(C2=CCCC=C2)=N[C@@H]1C1=CCCC=C1. The minimum absolute atomic E-state index is 0.0642. The van der Waals surface area contributed by atoms with E-state index in [1.807, 2.05) is 12.1 Å². The average Bonchev–Trinajstić information content (AvgIpc) is 3.79. The summed E-state index contributed by atoms with van der Waals surface area (Å²) in [6.07, 6.45) is 21.7. The Morgan fingerprint density at radius 1 is 0.661 bits per heavy atom. The van der Waals surface area contributed by atoms with Gasteiger partial charge in [-0.1, -0.05) is 109 Å². The third-order valence-electron chi connectivity index (χ3n) is 12.0. The highest BCUT2D eigenvalue weighted by Crippen LogP contribution is 2.41. The first kappa shape index (κ1) is 33.0. The fourth-order valence-electron chi connectivity index (χ4n) is 9.21. The Kier molecular flexibility index (Phi) is 7.88. The summed E-state index contributed by atoms with van der Waals surface area (Å²) in [4.78, 5) is 7.46. The van der Waals surface area contributed by atoms with Crippen molar-refractivity contribution in [3.63, 3.8) is 0 Å². The summed E-state index contributed by atoms with van der Waals surface area (Å²) in [5, 5.41) is 3.57. The predicted molar refractivity (Wildman–Crippen MR) is 232 cm³/mol. The average molecular weight is 727 g/mol. The summed E-state index contributed by atoms with van der Waals surface area (Å²) in [7, 11) is 0. The molecule has 1 aliphatic heterocycles.